The molecule has 0 saturated carbocycles. The molecule has 1 fully saturated rings. The highest BCUT2D eigenvalue weighted by atomic mass is 16.5. The predicted molar refractivity (Wildman–Crippen MR) is 104 cm³/mol. The van der Waals surface area contributed by atoms with Crippen molar-refractivity contribution in [2.24, 2.45) is 5.92 Å². The summed E-state index contributed by atoms with van der Waals surface area (Å²) >= 11 is 0. The Kier molecular flexibility index (Phi) is 4.76. The number of rotatable bonds is 5. The minimum absolute atomic E-state index is 0.0731. The monoisotopic (exact) mass is 377 g/mol. The minimum atomic E-state index is -0.457. The normalized spacial score (nSPS) is 16.2. The molecular formula is C20H19N5O3. The van der Waals surface area contributed by atoms with Crippen LogP contribution in [0.4, 0.5) is 11.6 Å². The molecule has 1 saturated heterocycles. The number of nitrogens with one attached hydrogen (secondary N) is 2. The van der Waals surface area contributed by atoms with Gasteiger partial charge in [0.25, 0.3) is 0 Å². The third-order valence-corrected chi connectivity index (χ3v) is 4.65. The van der Waals surface area contributed by atoms with Crippen LogP contribution in [0.1, 0.15) is 6.42 Å². The Balaban J connectivity index is 1.45. The molecule has 2 N–H and O–H groups in total. The van der Waals surface area contributed by atoms with Gasteiger partial charge < -0.3 is 9.64 Å². The predicted octanol–water partition coefficient (Wildman–Crippen LogP) is 2.47. The number of para-hydroxylation sites is 2. The van der Waals surface area contributed by atoms with Gasteiger partial charge in [-0.3, -0.25) is 20.0 Å². The van der Waals surface area contributed by atoms with Crippen molar-refractivity contribution in [3.8, 4) is 17.1 Å². The van der Waals surface area contributed by atoms with Gasteiger partial charge in [0, 0.05) is 18.7 Å². The number of hydrogen-bond acceptors (Lipinski definition) is 5. The van der Waals surface area contributed by atoms with Crippen molar-refractivity contribution < 1.29 is 14.3 Å². The van der Waals surface area contributed by atoms with Crippen LogP contribution in [0.25, 0.3) is 11.4 Å². The Hall–Kier alpha value is -3.68. The Morgan fingerprint density at radius 3 is 2.71 bits per heavy atom. The fourth-order valence-corrected chi connectivity index (χ4v) is 3.23. The summed E-state index contributed by atoms with van der Waals surface area (Å²) < 4.78 is 5.32. The van der Waals surface area contributed by atoms with Crippen LogP contribution in [0.15, 0.2) is 54.6 Å². The molecule has 1 aromatic heterocycles. The van der Waals surface area contributed by atoms with Crippen molar-refractivity contribution in [1.82, 2.24) is 15.2 Å². The first-order valence-electron chi connectivity index (χ1n) is 8.88. The molecule has 0 aliphatic carbocycles. The summed E-state index contributed by atoms with van der Waals surface area (Å²) in [6, 6.07) is 16.7. The second-order valence-corrected chi connectivity index (χ2v) is 6.44. The van der Waals surface area contributed by atoms with Gasteiger partial charge in [0.1, 0.15) is 5.75 Å². The molecule has 1 aliphatic heterocycles. The van der Waals surface area contributed by atoms with Crippen LogP contribution in [0.3, 0.4) is 0 Å². The van der Waals surface area contributed by atoms with E-state index in [0.717, 1.165) is 11.3 Å². The number of H-pyrrole nitrogens is 1. The van der Waals surface area contributed by atoms with Crippen LogP contribution in [0, 0.1) is 5.92 Å². The topological polar surface area (TPSA) is 100 Å². The minimum Gasteiger partial charge on any atom is -0.496 e. The molecule has 142 valence electrons. The van der Waals surface area contributed by atoms with Gasteiger partial charge in [-0.1, -0.05) is 30.3 Å². The van der Waals surface area contributed by atoms with Crippen molar-refractivity contribution >= 4 is 23.5 Å². The van der Waals surface area contributed by atoms with Crippen LogP contribution in [0.5, 0.6) is 5.75 Å². The van der Waals surface area contributed by atoms with Crippen LogP contribution in [-0.4, -0.2) is 40.7 Å². The average Bonchev–Trinajstić information content (AvgIpc) is 3.35. The van der Waals surface area contributed by atoms with Crippen molar-refractivity contribution in [3.63, 3.8) is 0 Å². The number of anilines is 2. The number of aromatic amines is 1. The Bertz CT molecular complexity index is 1000. The summed E-state index contributed by atoms with van der Waals surface area (Å²) in [7, 11) is 1.58. The first kappa shape index (κ1) is 17.7. The van der Waals surface area contributed by atoms with E-state index in [-0.39, 0.29) is 24.2 Å². The SMILES string of the molecule is COc1ccccc1-c1nc(NC(=O)[C@H]2CC(=O)N(c3ccccc3)C2)n[nH]1. The number of amides is 2. The molecule has 3 aromatic rings. The molecule has 4 rings (SSSR count). The van der Waals surface area contributed by atoms with Gasteiger partial charge in [0.15, 0.2) is 5.82 Å². The zero-order valence-electron chi connectivity index (χ0n) is 15.3. The molecule has 1 aliphatic rings. The number of carbonyl (C=O) groups is 2. The van der Waals surface area contributed by atoms with Crippen LogP contribution in [0.2, 0.25) is 0 Å². The highest BCUT2D eigenvalue weighted by Crippen LogP contribution is 2.28. The molecule has 0 bridgehead atoms. The lowest BCUT2D eigenvalue weighted by Crippen LogP contribution is -2.28. The van der Waals surface area contributed by atoms with Gasteiger partial charge in [0.05, 0.1) is 18.6 Å². The molecule has 2 aromatic carbocycles. The maximum atomic E-state index is 12.6. The zero-order chi connectivity index (χ0) is 19.5. The first-order valence-corrected chi connectivity index (χ1v) is 8.88. The summed E-state index contributed by atoms with van der Waals surface area (Å²) in [6.07, 6.45) is 0.157. The van der Waals surface area contributed by atoms with Crippen molar-refractivity contribution in [1.29, 1.82) is 0 Å². The molecule has 8 nitrogen and oxygen atoms in total. The van der Waals surface area contributed by atoms with Crippen molar-refractivity contribution in [2.45, 2.75) is 6.42 Å². The number of aromatic nitrogens is 3. The zero-order valence-corrected chi connectivity index (χ0v) is 15.3. The molecule has 2 heterocycles. The quantitative estimate of drug-likeness (QED) is 0.711. The van der Waals surface area contributed by atoms with E-state index in [4.69, 9.17) is 4.74 Å². The maximum absolute atomic E-state index is 12.6. The summed E-state index contributed by atoms with van der Waals surface area (Å²) in [4.78, 5) is 30.8. The van der Waals surface area contributed by atoms with Crippen molar-refractivity contribution in [3.05, 3.63) is 54.6 Å². The number of hydrogen-bond donors (Lipinski definition) is 2. The van der Waals surface area contributed by atoms with Gasteiger partial charge >= 0.3 is 0 Å². The number of carbonyl (C=O) groups excluding carboxylic acids is 2. The van der Waals surface area contributed by atoms with E-state index in [1.807, 2.05) is 54.6 Å². The standard InChI is InChI=1S/C20H19N5O3/c1-28-16-10-6-5-9-15(16)18-21-20(24-23-18)22-19(27)13-11-17(26)25(12-13)14-7-3-2-4-8-14/h2-10,13H,11-12H2,1H3,(H2,21,22,23,24,27)/t13-/m0/s1. The summed E-state index contributed by atoms with van der Waals surface area (Å²) in [6.45, 7) is 0.332. The van der Waals surface area contributed by atoms with E-state index in [0.29, 0.717) is 18.1 Å². The van der Waals surface area contributed by atoms with Crippen molar-refractivity contribution in [2.75, 3.05) is 23.9 Å². The van der Waals surface area contributed by atoms with Gasteiger partial charge in [-0.15, -0.1) is 5.10 Å². The van der Waals surface area contributed by atoms with E-state index >= 15 is 0 Å². The molecule has 0 spiro atoms. The first-order chi connectivity index (χ1) is 13.7. The Labute approximate surface area is 161 Å². The van der Waals surface area contributed by atoms with E-state index in [2.05, 4.69) is 20.5 Å². The Morgan fingerprint density at radius 2 is 1.93 bits per heavy atom. The van der Waals surface area contributed by atoms with Gasteiger partial charge in [-0.25, -0.2) is 0 Å². The maximum Gasteiger partial charge on any atom is 0.249 e. The van der Waals surface area contributed by atoms with E-state index in [1.165, 1.54) is 0 Å². The summed E-state index contributed by atoms with van der Waals surface area (Å²) in [5, 5.41) is 9.55. The number of nitrogens with zero attached hydrogens (tertiary/aromatic N) is 3. The summed E-state index contributed by atoms with van der Waals surface area (Å²) in [5.41, 5.74) is 1.53. The van der Waals surface area contributed by atoms with E-state index in [1.54, 1.807) is 12.0 Å². The number of ether oxygens (including phenoxy) is 1. The lowest BCUT2D eigenvalue weighted by Gasteiger charge is -2.16. The largest absolute Gasteiger partial charge is 0.496 e. The fourth-order valence-electron chi connectivity index (χ4n) is 3.23. The molecule has 2 amide bonds. The highest BCUT2D eigenvalue weighted by Gasteiger charge is 2.35. The number of methoxy groups -OCH3 is 1. The third-order valence-electron chi connectivity index (χ3n) is 4.65. The molecule has 1 atom stereocenters. The second-order valence-electron chi connectivity index (χ2n) is 6.44. The van der Waals surface area contributed by atoms with Gasteiger partial charge in [0.2, 0.25) is 17.8 Å². The average molecular weight is 377 g/mol. The molecule has 28 heavy (non-hydrogen) atoms. The van der Waals surface area contributed by atoms with E-state index < -0.39 is 5.92 Å². The van der Waals surface area contributed by atoms with Crippen LogP contribution >= 0.6 is 0 Å². The van der Waals surface area contributed by atoms with E-state index in [9.17, 15) is 9.59 Å². The molecule has 0 radical (unpaired) electrons. The van der Waals surface area contributed by atoms with Gasteiger partial charge in [-0.2, -0.15) is 4.98 Å². The third kappa shape index (κ3) is 3.44. The lowest BCUT2D eigenvalue weighted by atomic mass is 10.1. The molecule has 0 unspecified atom stereocenters. The smallest absolute Gasteiger partial charge is 0.249 e. The Morgan fingerprint density at radius 1 is 1.18 bits per heavy atom. The van der Waals surface area contributed by atoms with Gasteiger partial charge in [-0.05, 0) is 24.3 Å². The molecule has 8 heteroatoms. The summed E-state index contributed by atoms with van der Waals surface area (Å²) in [5.74, 6) is 0.489. The van der Waals surface area contributed by atoms with Crippen LogP contribution < -0.4 is 15.0 Å². The highest BCUT2D eigenvalue weighted by molar-refractivity contribution is 6.03. The lowest BCUT2D eigenvalue weighted by molar-refractivity contribution is -0.122. The second kappa shape index (κ2) is 7.51. The van der Waals surface area contributed by atoms with Crippen LogP contribution in [-0.2, 0) is 9.59 Å². The fraction of sp³-hybridized carbons (Fsp3) is 0.200. The molecular weight excluding hydrogens is 358 g/mol. The number of benzene rings is 2.